The standard InChI is InChI=1S/C2H6O2.Ce.3H2O4S.Sb/c3-1-2-4;;3*1-5(2,3)4;/h3-4H,1-2H2;;3*(H2,1,2,3,4);/q;+3;;;;+3/p-6. The van der Waals surface area contributed by atoms with Crippen LogP contribution in [0.25, 0.3) is 0 Å². The van der Waals surface area contributed by atoms with Crippen molar-refractivity contribution in [1.29, 1.82) is 0 Å². The fourth-order valence-electron chi connectivity index (χ4n) is 0. The molecule has 0 saturated heterocycles. The molecule has 0 aliphatic carbocycles. The van der Waals surface area contributed by atoms with Crippen molar-refractivity contribution >= 4 is 55.6 Å². The van der Waals surface area contributed by atoms with Crippen molar-refractivity contribution in [1.82, 2.24) is 0 Å². The van der Waals surface area contributed by atoms with Crippen LogP contribution in [0.3, 0.4) is 0 Å². The molecule has 0 aliphatic rings. The van der Waals surface area contributed by atoms with Crippen LogP contribution < -0.4 is 0 Å². The van der Waals surface area contributed by atoms with E-state index in [4.69, 9.17) is 62.8 Å². The van der Waals surface area contributed by atoms with Gasteiger partial charge in [0.05, 0.1) is 13.2 Å². The van der Waals surface area contributed by atoms with Crippen LogP contribution >= 0.6 is 0 Å². The molecule has 0 spiro atoms. The average Bonchev–Trinajstić information content (AvgIpc) is 1.93. The third-order valence-electron chi connectivity index (χ3n) is 0.1000. The van der Waals surface area contributed by atoms with Gasteiger partial charge in [0.1, 0.15) is 0 Å². The Morgan fingerprint density at radius 2 is 0.619 bits per heavy atom. The maximum absolute atomic E-state index is 8.52. The van der Waals surface area contributed by atoms with Crippen molar-refractivity contribution < 1.29 is 105 Å². The normalized spacial score (nSPS) is 9.71. The summed E-state index contributed by atoms with van der Waals surface area (Å²) in [5.41, 5.74) is 0. The fraction of sp³-hybridized carbons (Fsp3) is 1.00. The van der Waals surface area contributed by atoms with Crippen LogP contribution in [0.2, 0.25) is 0 Å². The zero-order valence-corrected chi connectivity index (χ0v) is 17.5. The van der Waals surface area contributed by atoms with Crippen molar-refractivity contribution in [3.05, 3.63) is 0 Å². The molecule has 2 N–H and O–H groups in total. The van der Waals surface area contributed by atoms with Crippen LogP contribution in [0.5, 0.6) is 0 Å². The summed E-state index contributed by atoms with van der Waals surface area (Å²) in [6.07, 6.45) is 0. The zero-order chi connectivity index (χ0) is 16.9. The quantitative estimate of drug-likeness (QED) is 0.159. The van der Waals surface area contributed by atoms with Gasteiger partial charge in [-0.05, 0) is 0 Å². The monoisotopic (exact) mass is 611 g/mol. The van der Waals surface area contributed by atoms with Gasteiger partial charge in [0, 0.05) is 31.2 Å². The summed E-state index contributed by atoms with van der Waals surface area (Å²) in [6.45, 7) is -0.250. The largest absolute Gasteiger partial charge is 3.00 e. The van der Waals surface area contributed by atoms with Crippen LogP contribution in [-0.4, -0.2) is 100 Å². The summed E-state index contributed by atoms with van der Waals surface area (Å²) in [7, 11) is -15.5. The topological polar surface area (TPSA) is 281 Å². The third-order valence-corrected chi connectivity index (χ3v) is 0.1000. The number of hydrogen-bond acceptors (Lipinski definition) is 14. The van der Waals surface area contributed by atoms with E-state index >= 15 is 0 Å². The Morgan fingerprint density at radius 3 is 0.619 bits per heavy atom. The second-order valence-corrected chi connectivity index (χ2v) is 4.12. The average molecular weight is 612 g/mol. The van der Waals surface area contributed by atoms with Crippen molar-refractivity contribution in [3.8, 4) is 0 Å². The molecule has 21 heavy (non-hydrogen) atoms. The number of rotatable bonds is 1. The van der Waals surface area contributed by atoms with Gasteiger partial charge in [-0.3, -0.25) is 25.3 Å². The first-order valence-corrected chi connectivity index (χ1v) is 7.13. The van der Waals surface area contributed by atoms with Crippen LogP contribution in [0.15, 0.2) is 0 Å². The van der Waals surface area contributed by atoms with E-state index in [-0.39, 0.29) is 79.4 Å². The van der Waals surface area contributed by atoms with E-state index in [1.54, 1.807) is 0 Å². The van der Waals surface area contributed by atoms with Crippen LogP contribution in [0.4, 0.5) is 0 Å². The first-order valence-electron chi connectivity index (χ1n) is 3.13. The van der Waals surface area contributed by atoms with Gasteiger partial charge in [0.15, 0.2) is 0 Å². The van der Waals surface area contributed by atoms with Crippen molar-refractivity contribution in [2.45, 2.75) is 0 Å². The summed E-state index contributed by atoms with van der Waals surface area (Å²) >= 11 is 0. The first kappa shape index (κ1) is 38.3. The van der Waals surface area contributed by atoms with Crippen LogP contribution in [-0.2, 0) is 31.2 Å². The molecule has 0 rings (SSSR count). The summed E-state index contributed by atoms with van der Waals surface area (Å²) in [4.78, 5) is 0. The van der Waals surface area contributed by atoms with E-state index in [2.05, 4.69) is 0 Å². The van der Waals surface area contributed by atoms with Gasteiger partial charge < -0.3 is 37.5 Å². The third kappa shape index (κ3) is 1140. The van der Waals surface area contributed by atoms with Gasteiger partial charge >= 0.3 is 66.2 Å². The molecule has 0 heterocycles. The Labute approximate surface area is 171 Å². The van der Waals surface area contributed by atoms with E-state index in [1.807, 2.05) is 0 Å². The van der Waals surface area contributed by atoms with Gasteiger partial charge in [-0.25, -0.2) is 0 Å². The van der Waals surface area contributed by atoms with Crippen LogP contribution in [0.1, 0.15) is 0 Å². The smallest absolute Gasteiger partial charge is 0.759 e. The molecule has 0 bridgehead atoms. The second-order valence-electron chi connectivity index (χ2n) is 1.67. The predicted molar refractivity (Wildman–Crippen MR) is 51.3 cm³/mol. The van der Waals surface area contributed by atoms with Crippen molar-refractivity contribution in [3.63, 3.8) is 0 Å². The molecule has 0 aliphatic heterocycles. The van der Waals surface area contributed by atoms with Gasteiger partial charge in [-0.1, -0.05) is 0 Å². The summed E-state index contributed by atoms with van der Waals surface area (Å²) in [5.74, 6) is 0. The van der Waals surface area contributed by atoms with Gasteiger partial charge in [0.25, 0.3) is 0 Å². The Balaban J connectivity index is -0.0000000347. The van der Waals surface area contributed by atoms with Crippen molar-refractivity contribution in [2.75, 3.05) is 13.2 Å². The summed E-state index contributed by atoms with van der Waals surface area (Å²) in [6, 6.07) is 0. The summed E-state index contributed by atoms with van der Waals surface area (Å²) < 4.78 is 102. The molecule has 0 fully saturated rings. The van der Waals surface area contributed by atoms with E-state index in [9.17, 15) is 0 Å². The van der Waals surface area contributed by atoms with E-state index in [0.717, 1.165) is 0 Å². The second kappa shape index (κ2) is 19.8. The van der Waals surface area contributed by atoms with Gasteiger partial charge in [-0.15, -0.1) is 0 Å². The number of aliphatic hydroxyl groups is 2. The minimum atomic E-state index is -5.17. The van der Waals surface area contributed by atoms with Crippen LogP contribution in [0, 0.1) is 41.7 Å². The minimum Gasteiger partial charge on any atom is -0.759 e. The molecule has 0 aromatic carbocycles. The van der Waals surface area contributed by atoms with Gasteiger partial charge in [-0.2, -0.15) is 0 Å². The van der Waals surface area contributed by atoms with E-state index in [0.29, 0.717) is 0 Å². The Kier molecular flexibility index (Phi) is 36.1. The molecular weight excluding hydrogens is 606 g/mol. The fourth-order valence-corrected chi connectivity index (χ4v) is 0. The molecule has 3 radical (unpaired) electrons. The molecule has 0 unspecified atom stereocenters. The minimum absolute atomic E-state index is 0. The molecule has 14 nitrogen and oxygen atoms in total. The predicted octanol–water partition coefficient (Wildman–Crippen LogP) is -5.42. The molecule has 0 aromatic rings. The molecule has 0 saturated carbocycles. The van der Waals surface area contributed by atoms with Gasteiger partial charge in [0.2, 0.25) is 0 Å². The maximum Gasteiger partial charge on any atom is 3.00 e. The molecule has 19 heteroatoms. The summed E-state index contributed by atoms with van der Waals surface area (Å²) in [5, 5.41) is 15.2. The number of hydrogen-bond donors (Lipinski definition) is 2. The first-order chi connectivity index (χ1) is 7.91. The van der Waals surface area contributed by atoms with E-state index < -0.39 is 31.2 Å². The molecule has 0 atom stereocenters. The molecule has 0 amide bonds. The molecular formula is C2H6CeO14S3Sb. The Hall–Kier alpha value is 1.72. The van der Waals surface area contributed by atoms with Crippen molar-refractivity contribution in [2.24, 2.45) is 0 Å². The zero-order valence-electron chi connectivity index (χ0n) is 9.38. The number of aliphatic hydroxyl groups excluding tert-OH is 2. The molecule has 125 valence electrons. The Morgan fingerprint density at radius 1 is 0.571 bits per heavy atom. The maximum atomic E-state index is 8.52. The van der Waals surface area contributed by atoms with E-state index in [1.165, 1.54) is 0 Å². The molecule has 0 aromatic heterocycles. The Bertz CT molecular complexity index is 379. The SMILES string of the molecule is O=S(=O)([O-])[O-].O=S(=O)([O-])[O-].O=S(=O)([O-])[O-].OCCO.[Ce+3].[Sb+3].